The van der Waals surface area contributed by atoms with Crippen LogP contribution in [-0.4, -0.2) is 42.3 Å². The van der Waals surface area contributed by atoms with Gasteiger partial charge >= 0.3 is 0 Å². The van der Waals surface area contributed by atoms with Gasteiger partial charge in [-0.1, -0.05) is 19.4 Å². The quantitative estimate of drug-likeness (QED) is 0.724. The van der Waals surface area contributed by atoms with Crippen molar-refractivity contribution in [3.63, 3.8) is 0 Å². The largest absolute Gasteiger partial charge is 0.339 e. The number of nitrogens with one attached hydrogen (secondary N) is 1. The lowest BCUT2D eigenvalue weighted by molar-refractivity contribution is 0.0762. The van der Waals surface area contributed by atoms with E-state index in [1.165, 1.54) is 18.5 Å². The molecule has 7 nitrogen and oxygen atoms in total. The molecule has 0 atom stereocenters. The smallest absolute Gasteiger partial charge is 0.253 e. The molecule has 0 unspecified atom stereocenters. The first-order valence-corrected chi connectivity index (χ1v) is 10.1. The van der Waals surface area contributed by atoms with Crippen molar-refractivity contribution in [3.05, 3.63) is 54.1 Å². The zero-order valence-corrected chi connectivity index (χ0v) is 15.9. The third-order valence-electron chi connectivity index (χ3n) is 3.93. The Labute approximate surface area is 154 Å². The summed E-state index contributed by atoms with van der Waals surface area (Å²) in [6.07, 6.45) is 4.81. The molecule has 0 aliphatic carbocycles. The summed E-state index contributed by atoms with van der Waals surface area (Å²) in [5, 5.41) is 0. The summed E-state index contributed by atoms with van der Waals surface area (Å²) in [5.74, 6) is -0.159. The SMILES string of the molecule is CCCCN(CC)C(=O)c1cccc(S(=O)(=O)NCc2ccncn2)c1. The molecule has 0 aliphatic rings. The van der Waals surface area contributed by atoms with E-state index in [1.54, 1.807) is 29.3 Å². The second-order valence-corrected chi connectivity index (χ2v) is 7.56. The Morgan fingerprint density at radius 1 is 1.23 bits per heavy atom. The molecule has 140 valence electrons. The second-order valence-electron chi connectivity index (χ2n) is 5.79. The first-order chi connectivity index (χ1) is 12.5. The van der Waals surface area contributed by atoms with Crippen LogP contribution in [0.4, 0.5) is 0 Å². The first-order valence-electron chi connectivity index (χ1n) is 8.61. The number of rotatable bonds is 9. The molecule has 26 heavy (non-hydrogen) atoms. The lowest BCUT2D eigenvalue weighted by Gasteiger charge is -2.21. The number of aromatic nitrogens is 2. The maximum atomic E-state index is 12.6. The predicted octanol–water partition coefficient (Wildman–Crippen LogP) is 2.22. The summed E-state index contributed by atoms with van der Waals surface area (Å²) in [6.45, 7) is 5.28. The summed E-state index contributed by atoms with van der Waals surface area (Å²) < 4.78 is 27.5. The molecular formula is C18H24N4O3S. The molecule has 1 heterocycles. The van der Waals surface area contributed by atoms with Crippen LogP contribution in [-0.2, 0) is 16.6 Å². The first kappa shape index (κ1) is 20.0. The fraction of sp³-hybridized carbons (Fsp3) is 0.389. The van der Waals surface area contributed by atoms with Gasteiger partial charge < -0.3 is 4.90 Å². The van der Waals surface area contributed by atoms with Crippen LogP contribution in [0.3, 0.4) is 0 Å². The van der Waals surface area contributed by atoms with E-state index in [-0.39, 0.29) is 17.3 Å². The van der Waals surface area contributed by atoms with Crippen molar-refractivity contribution in [1.82, 2.24) is 19.6 Å². The molecule has 1 aromatic carbocycles. The molecule has 0 aliphatic heterocycles. The van der Waals surface area contributed by atoms with Crippen LogP contribution >= 0.6 is 0 Å². The van der Waals surface area contributed by atoms with Gasteiger partial charge in [-0.3, -0.25) is 4.79 Å². The van der Waals surface area contributed by atoms with Gasteiger partial charge in [-0.25, -0.2) is 23.1 Å². The van der Waals surface area contributed by atoms with Gasteiger partial charge in [0.2, 0.25) is 10.0 Å². The van der Waals surface area contributed by atoms with Gasteiger partial charge in [0.25, 0.3) is 5.91 Å². The summed E-state index contributed by atoms with van der Waals surface area (Å²) >= 11 is 0. The van der Waals surface area contributed by atoms with Crippen molar-refractivity contribution in [2.45, 2.75) is 38.1 Å². The summed E-state index contributed by atoms with van der Waals surface area (Å²) in [4.78, 5) is 22.2. The molecule has 1 N–H and O–H groups in total. The van der Waals surface area contributed by atoms with Crippen LogP contribution in [0.2, 0.25) is 0 Å². The number of hydrogen-bond donors (Lipinski definition) is 1. The summed E-state index contributed by atoms with van der Waals surface area (Å²) in [6, 6.07) is 7.75. The maximum absolute atomic E-state index is 12.6. The van der Waals surface area contributed by atoms with E-state index in [4.69, 9.17) is 0 Å². The maximum Gasteiger partial charge on any atom is 0.253 e. The topological polar surface area (TPSA) is 92.3 Å². The highest BCUT2D eigenvalue weighted by Gasteiger charge is 2.19. The van der Waals surface area contributed by atoms with E-state index in [0.29, 0.717) is 24.3 Å². The van der Waals surface area contributed by atoms with Gasteiger partial charge in [0.15, 0.2) is 0 Å². The Bertz CT molecular complexity index is 825. The molecule has 1 aromatic heterocycles. The minimum Gasteiger partial charge on any atom is -0.339 e. The Balaban J connectivity index is 2.15. The van der Waals surface area contributed by atoms with Crippen molar-refractivity contribution in [1.29, 1.82) is 0 Å². The van der Waals surface area contributed by atoms with E-state index in [9.17, 15) is 13.2 Å². The van der Waals surface area contributed by atoms with Crippen molar-refractivity contribution in [2.75, 3.05) is 13.1 Å². The number of carbonyl (C=O) groups excluding carboxylic acids is 1. The molecule has 1 amide bonds. The number of amides is 1. The zero-order chi connectivity index (χ0) is 19.0. The standard InChI is InChI=1S/C18H24N4O3S/c1-3-5-11-22(4-2)18(23)15-7-6-8-17(12-15)26(24,25)21-13-16-9-10-19-14-20-16/h6-10,12,14,21H,3-5,11,13H2,1-2H3. The fourth-order valence-corrected chi connectivity index (χ4v) is 3.45. The highest BCUT2D eigenvalue weighted by atomic mass is 32.2. The number of sulfonamides is 1. The highest BCUT2D eigenvalue weighted by molar-refractivity contribution is 7.89. The third kappa shape index (κ3) is 5.34. The van der Waals surface area contributed by atoms with Gasteiger partial charge in [-0.2, -0.15) is 0 Å². The summed E-state index contributed by atoms with van der Waals surface area (Å²) in [5.41, 5.74) is 0.931. The minimum absolute atomic E-state index is 0.0562. The lowest BCUT2D eigenvalue weighted by atomic mass is 10.2. The van der Waals surface area contributed by atoms with Crippen LogP contribution in [0.5, 0.6) is 0 Å². The van der Waals surface area contributed by atoms with Crippen molar-refractivity contribution >= 4 is 15.9 Å². The number of benzene rings is 1. The molecule has 0 fully saturated rings. The van der Waals surface area contributed by atoms with E-state index >= 15 is 0 Å². The highest BCUT2D eigenvalue weighted by Crippen LogP contribution is 2.14. The molecular weight excluding hydrogens is 352 g/mol. The molecule has 0 saturated carbocycles. The van der Waals surface area contributed by atoms with E-state index in [2.05, 4.69) is 21.6 Å². The van der Waals surface area contributed by atoms with Crippen LogP contribution in [0.25, 0.3) is 0 Å². The van der Waals surface area contributed by atoms with Gasteiger partial charge in [-0.15, -0.1) is 0 Å². The molecule has 0 saturated heterocycles. The van der Waals surface area contributed by atoms with Gasteiger partial charge in [0.1, 0.15) is 6.33 Å². The van der Waals surface area contributed by atoms with Crippen molar-refractivity contribution in [2.24, 2.45) is 0 Å². The number of hydrogen-bond acceptors (Lipinski definition) is 5. The monoisotopic (exact) mass is 376 g/mol. The fourth-order valence-electron chi connectivity index (χ4n) is 2.41. The Hall–Kier alpha value is -2.32. The normalized spacial score (nSPS) is 11.3. The number of unbranched alkanes of at least 4 members (excludes halogenated alkanes) is 1. The molecule has 0 spiro atoms. The van der Waals surface area contributed by atoms with Gasteiger partial charge in [0, 0.05) is 24.8 Å². The third-order valence-corrected chi connectivity index (χ3v) is 5.33. The van der Waals surface area contributed by atoms with E-state index in [0.717, 1.165) is 12.8 Å². The predicted molar refractivity (Wildman–Crippen MR) is 99.0 cm³/mol. The molecule has 8 heteroatoms. The summed E-state index contributed by atoms with van der Waals surface area (Å²) in [7, 11) is -3.75. The molecule has 0 bridgehead atoms. The second kappa shape index (κ2) is 9.40. The molecule has 2 aromatic rings. The Morgan fingerprint density at radius 3 is 2.69 bits per heavy atom. The Morgan fingerprint density at radius 2 is 2.04 bits per heavy atom. The molecule has 2 rings (SSSR count). The van der Waals surface area contributed by atoms with Crippen molar-refractivity contribution in [3.8, 4) is 0 Å². The van der Waals surface area contributed by atoms with E-state index in [1.807, 2.05) is 6.92 Å². The van der Waals surface area contributed by atoms with Crippen molar-refractivity contribution < 1.29 is 13.2 Å². The van der Waals surface area contributed by atoms with Crippen LogP contribution in [0.1, 0.15) is 42.7 Å². The average molecular weight is 376 g/mol. The Kier molecular flexibility index (Phi) is 7.23. The lowest BCUT2D eigenvalue weighted by Crippen LogP contribution is -2.32. The number of carbonyl (C=O) groups is 1. The number of nitrogens with zero attached hydrogens (tertiary/aromatic N) is 3. The van der Waals surface area contributed by atoms with E-state index < -0.39 is 10.0 Å². The average Bonchev–Trinajstić information content (AvgIpc) is 2.68. The van der Waals surface area contributed by atoms with Crippen LogP contribution < -0.4 is 4.72 Å². The van der Waals surface area contributed by atoms with Crippen LogP contribution in [0, 0.1) is 0 Å². The van der Waals surface area contributed by atoms with Gasteiger partial charge in [0.05, 0.1) is 17.1 Å². The molecule has 0 radical (unpaired) electrons. The van der Waals surface area contributed by atoms with Gasteiger partial charge in [-0.05, 0) is 37.6 Å². The zero-order valence-electron chi connectivity index (χ0n) is 15.1. The van der Waals surface area contributed by atoms with Crippen LogP contribution in [0.15, 0.2) is 47.8 Å². The minimum atomic E-state index is -3.75.